The second-order valence-corrected chi connectivity index (χ2v) is 7.63. The first-order valence-corrected chi connectivity index (χ1v) is 9.83. The van der Waals surface area contributed by atoms with Gasteiger partial charge in [-0.1, -0.05) is 29.8 Å². The van der Waals surface area contributed by atoms with E-state index in [2.05, 4.69) is 26.9 Å². The molecule has 0 N–H and O–H groups in total. The Kier molecular flexibility index (Phi) is 5.38. The number of aromatic nitrogens is 1. The molecule has 0 radical (unpaired) electrons. The molecule has 4 rings (SSSR count). The summed E-state index contributed by atoms with van der Waals surface area (Å²) in [6.07, 6.45) is 2.31. The Hall–Kier alpha value is -1.69. The van der Waals surface area contributed by atoms with Gasteiger partial charge in [-0.15, -0.1) is 0 Å². The SMILES string of the molecule is O=C(CN1CCN(Cc2cc3ccccc3nc2Cl)CC1)N1CCCC1. The molecular weight excluding hydrogens is 348 g/mol. The number of rotatable bonds is 4. The van der Waals surface area contributed by atoms with Crippen LogP contribution in [-0.2, 0) is 11.3 Å². The fraction of sp³-hybridized carbons (Fsp3) is 0.500. The van der Waals surface area contributed by atoms with Crippen LogP contribution in [0.5, 0.6) is 0 Å². The van der Waals surface area contributed by atoms with Gasteiger partial charge in [-0.2, -0.15) is 0 Å². The van der Waals surface area contributed by atoms with E-state index in [1.165, 1.54) is 0 Å². The molecule has 0 saturated carbocycles. The summed E-state index contributed by atoms with van der Waals surface area (Å²) < 4.78 is 0. The van der Waals surface area contributed by atoms with Crippen LogP contribution in [0.4, 0.5) is 0 Å². The first-order valence-electron chi connectivity index (χ1n) is 9.46. The number of para-hydroxylation sites is 1. The van der Waals surface area contributed by atoms with Crippen molar-refractivity contribution < 1.29 is 4.79 Å². The summed E-state index contributed by atoms with van der Waals surface area (Å²) in [6, 6.07) is 10.2. The number of amides is 1. The fourth-order valence-corrected chi connectivity index (χ4v) is 4.06. The zero-order valence-corrected chi connectivity index (χ0v) is 15.8. The second-order valence-electron chi connectivity index (χ2n) is 7.27. The van der Waals surface area contributed by atoms with Gasteiger partial charge in [0, 0.05) is 56.8 Å². The van der Waals surface area contributed by atoms with Crippen LogP contribution in [0.3, 0.4) is 0 Å². The Morgan fingerprint density at radius 2 is 1.69 bits per heavy atom. The van der Waals surface area contributed by atoms with Crippen molar-refractivity contribution in [2.24, 2.45) is 0 Å². The first-order chi connectivity index (χ1) is 12.7. The van der Waals surface area contributed by atoms with E-state index >= 15 is 0 Å². The Balaban J connectivity index is 1.32. The van der Waals surface area contributed by atoms with Crippen LogP contribution >= 0.6 is 11.6 Å². The molecule has 6 heteroatoms. The number of carbonyl (C=O) groups is 1. The standard InChI is InChI=1S/C20H25ClN4O/c21-20-17(13-16-5-1-2-6-18(16)22-20)14-23-9-11-24(12-10-23)15-19(26)25-7-3-4-8-25/h1-2,5-6,13H,3-4,7-12,14-15H2. The minimum atomic E-state index is 0.290. The minimum absolute atomic E-state index is 0.290. The number of halogens is 1. The second kappa shape index (κ2) is 7.91. The molecule has 2 aromatic rings. The summed E-state index contributed by atoms with van der Waals surface area (Å²) in [6.45, 7) is 7.01. The lowest BCUT2D eigenvalue weighted by Gasteiger charge is -2.35. The van der Waals surface area contributed by atoms with Crippen molar-refractivity contribution >= 4 is 28.4 Å². The highest BCUT2D eigenvalue weighted by Gasteiger charge is 2.23. The van der Waals surface area contributed by atoms with Gasteiger partial charge in [0.2, 0.25) is 5.91 Å². The number of nitrogens with zero attached hydrogens (tertiary/aromatic N) is 4. The largest absolute Gasteiger partial charge is 0.342 e. The molecule has 0 atom stereocenters. The van der Waals surface area contributed by atoms with E-state index in [0.29, 0.717) is 11.7 Å². The highest BCUT2D eigenvalue weighted by molar-refractivity contribution is 6.30. The lowest BCUT2D eigenvalue weighted by molar-refractivity contribution is -0.131. The maximum absolute atomic E-state index is 12.3. The van der Waals surface area contributed by atoms with E-state index in [1.54, 1.807) is 0 Å². The van der Waals surface area contributed by atoms with Crippen LogP contribution in [0.2, 0.25) is 5.15 Å². The van der Waals surface area contributed by atoms with Crippen molar-refractivity contribution in [2.45, 2.75) is 19.4 Å². The Morgan fingerprint density at radius 1 is 1.00 bits per heavy atom. The van der Waals surface area contributed by atoms with Gasteiger partial charge in [-0.3, -0.25) is 14.6 Å². The van der Waals surface area contributed by atoms with Gasteiger partial charge in [0.1, 0.15) is 5.15 Å². The van der Waals surface area contributed by atoms with E-state index in [1.807, 2.05) is 23.1 Å². The molecule has 0 bridgehead atoms. The predicted octanol–water partition coefficient (Wildman–Crippen LogP) is 2.63. The van der Waals surface area contributed by atoms with Crippen molar-refractivity contribution in [3.63, 3.8) is 0 Å². The summed E-state index contributed by atoms with van der Waals surface area (Å²) >= 11 is 6.39. The molecule has 0 unspecified atom stereocenters. The minimum Gasteiger partial charge on any atom is -0.342 e. The van der Waals surface area contributed by atoms with Crippen LogP contribution in [0, 0.1) is 0 Å². The molecule has 2 saturated heterocycles. The first kappa shape index (κ1) is 17.7. The Morgan fingerprint density at radius 3 is 2.46 bits per heavy atom. The van der Waals surface area contributed by atoms with Crippen molar-refractivity contribution in [3.8, 4) is 0 Å². The van der Waals surface area contributed by atoms with Crippen molar-refractivity contribution in [3.05, 3.63) is 41.0 Å². The van der Waals surface area contributed by atoms with Gasteiger partial charge in [-0.25, -0.2) is 4.98 Å². The maximum atomic E-state index is 12.3. The lowest BCUT2D eigenvalue weighted by atomic mass is 10.1. The zero-order chi connectivity index (χ0) is 17.9. The van der Waals surface area contributed by atoms with E-state index in [9.17, 15) is 4.79 Å². The van der Waals surface area contributed by atoms with E-state index in [0.717, 1.165) is 75.1 Å². The highest BCUT2D eigenvalue weighted by Crippen LogP contribution is 2.22. The number of likely N-dealkylation sites (tertiary alicyclic amines) is 1. The molecular formula is C20H25ClN4O. The third-order valence-electron chi connectivity index (χ3n) is 5.43. The molecule has 2 aliphatic rings. The van der Waals surface area contributed by atoms with Crippen LogP contribution in [0.25, 0.3) is 10.9 Å². The summed E-state index contributed by atoms with van der Waals surface area (Å²) in [7, 11) is 0. The van der Waals surface area contributed by atoms with Gasteiger partial charge < -0.3 is 4.90 Å². The molecule has 3 heterocycles. The van der Waals surface area contributed by atoms with Crippen LogP contribution in [0.1, 0.15) is 18.4 Å². The summed E-state index contributed by atoms with van der Waals surface area (Å²) in [5, 5.41) is 1.72. The lowest BCUT2D eigenvalue weighted by Crippen LogP contribution is -2.49. The highest BCUT2D eigenvalue weighted by atomic mass is 35.5. The molecule has 1 aromatic heterocycles. The Labute approximate surface area is 159 Å². The van der Waals surface area contributed by atoms with E-state index < -0.39 is 0 Å². The van der Waals surface area contributed by atoms with Gasteiger partial charge in [-0.05, 0) is 25.0 Å². The van der Waals surface area contributed by atoms with Crippen LogP contribution in [0.15, 0.2) is 30.3 Å². The summed E-state index contributed by atoms with van der Waals surface area (Å²) in [5.41, 5.74) is 2.01. The van der Waals surface area contributed by atoms with Gasteiger partial charge >= 0.3 is 0 Å². The summed E-state index contributed by atoms with van der Waals surface area (Å²) in [4.78, 5) is 23.5. The smallest absolute Gasteiger partial charge is 0.236 e. The number of pyridine rings is 1. The molecule has 0 spiro atoms. The monoisotopic (exact) mass is 372 g/mol. The van der Waals surface area contributed by atoms with Crippen molar-refractivity contribution in [1.29, 1.82) is 0 Å². The average molecular weight is 373 g/mol. The van der Waals surface area contributed by atoms with Crippen molar-refractivity contribution in [1.82, 2.24) is 19.7 Å². The number of hydrogen-bond donors (Lipinski definition) is 0. The fourth-order valence-electron chi connectivity index (χ4n) is 3.85. The number of carbonyl (C=O) groups excluding carboxylic acids is 1. The summed E-state index contributed by atoms with van der Waals surface area (Å²) in [5.74, 6) is 0.290. The molecule has 138 valence electrons. The quantitative estimate of drug-likeness (QED) is 0.773. The number of benzene rings is 1. The molecule has 0 aliphatic carbocycles. The Bertz CT molecular complexity index is 782. The molecule has 2 fully saturated rings. The molecule has 1 amide bonds. The normalized spacial score (nSPS) is 19.3. The van der Waals surface area contributed by atoms with Crippen LogP contribution in [-0.4, -0.2) is 71.4 Å². The van der Waals surface area contributed by atoms with E-state index in [4.69, 9.17) is 11.6 Å². The van der Waals surface area contributed by atoms with Crippen molar-refractivity contribution in [2.75, 3.05) is 45.8 Å². The van der Waals surface area contributed by atoms with Crippen LogP contribution < -0.4 is 0 Å². The predicted molar refractivity (Wildman–Crippen MR) is 104 cm³/mol. The zero-order valence-electron chi connectivity index (χ0n) is 15.0. The number of fused-ring (bicyclic) bond motifs is 1. The molecule has 2 aliphatic heterocycles. The third kappa shape index (κ3) is 4.00. The molecule has 26 heavy (non-hydrogen) atoms. The van der Waals surface area contributed by atoms with Gasteiger partial charge in [0.05, 0.1) is 12.1 Å². The maximum Gasteiger partial charge on any atom is 0.236 e. The van der Waals surface area contributed by atoms with Gasteiger partial charge in [0.15, 0.2) is 0 Å². The average Bonchev–Trinajstić information content (AvgIpc) is 3.19. The number of piperazine rings is 1. The molecule has 5 nitrogen and oxygen atoms in total. The topological polar surface area (TPSA) is 39.7 Å². The number of hydrogen-bond acceptors (Lipinski definition) is 4. The third-order valence-corrected chi connectivity index (χ3v) is 5.75. The molecule has 1 aromatic carbocycles. The van der Waals surface area contributed by atoms with Gasteiger partial charge in [0.25, 0.3) is 0 Å². The van der Waals surface area contributed by atoms with E-state index in [-0.39, 0.29) is 5.91 Å².